The van der Waals surface area contributed by atoms with Gasteiger partial charge in [-0.3, -0.25) is 19.4 Å². The molecular formula is C32H38N8O6. The van der Waals surface area contributed by atoms with Crippen molar-refractivity contribution in [2.45, 2.75) is 38.1 Å². The molecule has 1 aromatic carbocycles. The molecule has 242 valence electrons. The lowest BCUT2D eigenvalue weighted by Gasteiger charge is -2.27. The number of aromatic nitrogens is 3. The second-order valence-electron chi connectivity index (χ2n) is 11.4. The first-order valence-electron chi connectivity index (χ1n) is 15.5. The highest BCUT2D eigenvalue weighted by Gasteiger charge is 2.32. The molecule has 2 N–H and O–H groups in total. The smallest absolute Gasteiger partial charge is 0.256 e. The molecule has 2 fully saturated rings. The minimum atomic E-state index is -0.242. The third-order valence-corrected chi connectivity index (χ3v) is 8.19. The number of anilines is 3. The number of benzene rings is 1. The van der Waals surface area contributed by atoms with Crippen molar-refractivity contribution in [2.24, 2.45) is 12.0 Å². The number of fused-ring (bicyclic) bond motifs is 2. The van der Waals surface area contributed by atoms with E-state index in [0.29, 0.717) is 59.7 Å². The second-order valence-corrected chi connectivity index (χ2v) is 11.4. The van der Waals surface area contributed by atoms with Gasteiger partial charge in [0.25, 0.3) is 5.91 Å². The lowest BCUT2D eigenvalue weighted by Crippen LogP contribution is -2.36. The van der Waals surface area contributed by atoms with E-state index in [2.05, 4.69) is 30.5 Å². The third kappa shape index (κ3) is 7.12. The average molecular weight is 631 g/mol. The molecule has 0 saturated carbocycles. The van der Waals surface area contributed by atoms with E-state index in [1.165, 1.54) is 7.11 Å². The molecule has 2 aromatic heterocycles. The van der Waals surface area contributed by atoms with Gasteiger partial charge in [-0.25, -0.2) is 9.97 Å². The number of aryl methyl sites for hydroxylation is 1. The van der Waals surface area contributed by atoms with Crippen LogP contribution in [0.5, 0.6) is 11.5 Å². The first kappa shape index (κ1) is 31.0. The maximum absolute atomic E-state index is 13.1. The highest BCUT2D eigenvalue weighted by Crippen LogP contribution is 2.38. The fourth-order valence-corrected chi connectivity index (χ4v) is 5.76. The average Bonchev–Trinajstić information content (AvgIpc) is 3.64. The van der Waals surface area contributed by atoms with E-state index in [0.717, 1.165) is 38.3 Å². The Morgan fingerprint density at radius 3 is 2.72 bits per heavy atom. The maximum atomic E-state index is 13.1. The summed E-state index contributed by atoms with van der Waals surface area (Å²) in [5.74, 6) is 2.09. The predicted molar refractivity (Wildman–Crippen MR) is 171 cm³/mol. The van der Waals surface area contributed by atoms with E-state index in [4.69, 9.17) is 14.2 Å². The van der Waals surface area contributed by atoms with E-state index in [1.54, 1.807) is 36.1 Å². The molecule has 1 atom stereocenters. The molecule has 5 heterocycles. The molecule has 0 unspecified atom stereocenters. The van der Waals surface area contributed by atoms with Gasteiger partial charge in [0, 0.05) is 51.6 Å². The summed E-state index contributed by atoms with van der Waals surface area (Å²) in [5, 5.41) is 5.64. The summed E-state index contributed by atoms with van der Waals surface area (Å²) in [6, 6.07) is 7.11. The zero-order valence-electron chi connectivity index (χ0n) is 26.0. The van der Waals surface area contributed by atoms with Crippen LogP contribution >= 0.6 is 0 Å². The highest BCUT2D eigenvalue weighted by atomic mass is 16.5. The van der Waals surface area contributed by atoms with E-state index < -0.39 is 0 Å². The number of nitrogens with one attached hydrogen (secondary N) is 2. The molecule has 0 spiro atoms. The van der Waals surface area contributed by atoms with Crippen LogP contribution in [0.4, 0.5) is 23.0 Å². The lowest BCUT2D eigenvalue weighted by atomic mass is 10.1. The summed E-state index contributed by atoms with van der Waals surface area (Å²) < 4.78 is 18.5. The number of ether oxygens (including phenoxy) is 3. The number of amides is 3. The van der Waals surface area contributed by atoms with Gasteiger partial charge in [0.2, 0.25) is 11.8 Å². The van der Waals surface area contributed by atoms with Crippen LogP contribution in [0.15, 0.2) is 41.7 Å². The summed E-state index contributed by atoms with van der Waals surface area (Å²) >= 11 is 0. The van der Waals surface area contributed by atoms with Crippen LogP contribution in [-0.4, -0.2) is 96.0 Å². The summed E-state index contributed by atoms with van der Waals surface area (Å²) in [7, 11) is 3.30. The van der Waals surface area contributed by atoms with E-state index in [1.807, 2.05) is 23.2 Å². The zero-order valence-corrected chi connectivity index (χ0v) is 26.0. The number of hydrogen-bond acceptors (Lipinski definition) is 10. The molecule has 46 heavy (non-hydrogen) atoms. The van der Waals surface area contributed by atoms with Crippen LogP contribution in [0.3, 0.4) is 0 Å². The molecule has 3 aliphatic rings. The predicted octanol–water partition coefficient (Wildman–Crippen LogP) is 2.96. The lowest BCUT2D eigenvalue weighted by molar-refractivity contribution is -0.116. The van der Waals surface area contributed by atoms with Crippen LogP contribution in [0.2, 0.25) is 0 Å². The van der Waals surface area contributed by atoms with Crippen LogP contribution in [0, 0.1) is 0 Å². The number of carbonyl (C=O) groups is 3. The van der Waals surface area contributed by atoms with E-state index in [9.17, 15) is 14.4 Å². The van der Waals surface area contributed by atoms with E-state index in [-0.39, 0.29) is 43.2 Å². The molecular weight excluding hydrogens is 592 g/mol. The van der Waals surface area contributed by atoms with Gasteiger partial charge < -0.3 is 39.2 Å². The van der Waals surface area contributed by atoms with Gasteiger partial charge in [-0.2, -0.15) is 0 Å². The van der Waals surface area contributed by atoms with Crippen molar-refractivity contribution in [2.75, 3.05) is 62.1 Å². The highest BCUT2D eigenvalue weighted by molar-refractivity contribution is 6.03. The Balaban J connectivity index is 0.965. The van der Waals surface area contributed by atoms with Gasteiger partial charge in [-0.15, -0.1) is 0 Å². The molecule has 6 rings (SSSR count). The number of rotatable bonds is 11. The maximum Gasteiger partial charge on any atom is 0.256 e. The summed E-state index contributed by atoms with van der Waals surface area (Å²) in [5.41, 5.74) is 1.63. The minimum absolute atomic E-state index is 0.0164. The number of aliphatic imine (C=N–C) groups is 1. The quantitative estimate of drug-likeness (QED) is 0.305. The topological polar surface area (TPSA) is 153 Å². The van der Waals surface area contributed by atoms with Gasteiger partial charge in [0.1, 0.15) is 11.6 Å². The first-order valence-corrected chi connectivity index (χ1v) is 15.5. The Hall–Kier alpha value is -4.98. The Bertz CT molecular complexity index is 1620. The fourth-order valence-electron chi connectivity index (χ4n) is 5.76. The van der Waals surface area contributed by atoms with Crippen molar-refractivity contribution in [1.29, 1.82) is 0 Å². The molecule has 0 radical (unpaired) electrons. The van der Waals surface area contributed by atoms with Crippen molar-refractivity contribution in [3.05, 3.63) is 48.0 Å². The summed E-state index contributed by atoms with van der Waals surface area (Å²) in [6.45, 7) is 3.89. The second kappa shape index (κ2) is 14.0. The summed E-state index contributed by atoms with van der Waals surface area (Å²) in [4.78, 5) is 55.8. The minimum Gasteiger partial charge on any atom is -0.493 e. The molecule has 14 nitrogen and oxygen atoms in total. The molecule has 2 saturated heterocycles. The van der Waals surface area contributed by atoms with E-state index >= 15 is 0 Å². The van der Waals surface area contributed by atoms with Gasteiger partial charge in [0.05, 0.1) is 62.5 Å². The number of nitrogens with zero attached hydrogens (tertiary/aromatic N) is 6. The van der Waals surface area contributed by atoms with Crippen LogP contribution in [0.25, 0.3) is 0 Å². The van der Waals surface area contributed by atoms with Gasteiger partial charge in [-0.05, 0) is 37.5 Å². The molecule has 3 aromatic rings. The third-order valence-electron chi connectivity index (χ3n) is 8.19. The van der Waals surface area contributed by atoms with Crippen LogP contribution < -0.4 is 25.0 Å². The number of imidazole rings is 1. The molecule has 3 amide bonds. The van der Waals surface area contributed by atoms with Gasteiger partial charge in [-0.1, -0.05) is 0 Å². The SMILES string of the molecule is COc1cc2c(cc1OCCCC(=O)Nc1cn(C)c(CC(=O)Nc3ccc(N4CCOCC4)nc3)n1)N=C[C@@H]1CCCN1C2=O. The Morgan fingerprint density at radius 1 is 1.09 bits per heavy atom. The zero-order chi connectivity index (χ0) is 32.0. The van der Waals surface area contributed by atoms with Crippen LogP contribution in [-0.2, 0) is 27.8 Å². The number of carbonyl (C=O) groups excluding carboxylic acids is 3. The standard InChI is InChI=1S/C32H38N8O6/c1-38-20-27(36-29(38)17-31(42)35-21-7-8-28(34-18-21)39-10-13-45-14-11-39)37-30(41)6-4-12-46-26-16-24-23(15-25(26)44-2)32(43)40-9-3-5-22(40)19-33-24/h7-8,15-16,18-20,22H,3-6,9-14,17H2,1-2H3,(H,35,42)(H,37,41)/t22-/m0/s1. The number of hydrogen-bond donors (Lipinski definition) is 2. The molecule has 3 aliphatic heterocycles. The fraction of sp³-hybridized carbons (Fsp3) is 0.438. The van der Waals surface area contributed by atoms with Gasteiger partial charge >= 0.3 is 0 Å². The van der Waals surface area contributed by atoms with Crippen molar-refractivity contribution in [3.63, 3.8) is 0 Å². The largest absolute Gasteiger partial charge is 0.493 e. The normalized spacial score (nSPS) is 17.3. The summed E-state index contributed by atoms with van der Waals surface area (Å²) in [6.07, 6.45) is 7.67. The van der Waals surface area contributed by atoms with Crippen molar-refractivity contribution < 1.29 is 28.6 Å². The van der Waals surface area contributed by atoms with Crippen molar-refractivity contribution in [3.8, 4) is 11.5 Å². The molecule has 14 heteroatoms. The molecule has 0 bridgehead atoms. The first-order chi connectivity index (χ1) is 22.4. The van der Waals surface area contributed by atoms with Crippen molar-refractivity contribution in [1.82, 2.24) is 19.4 Å². The van der Waals surface area contributed by atoms with Crippen molar-refractivity contribution >= 4 is 46.9 Å². The van der Waals surface area contributed by atoms with Gasteiger partial charge in [0.15, 0.2) is 17.3 Å². The number of pyridine rings is 1. The molecule has 0 aliphatic carbocycles. The Morgan fingerprint density at radius 2 is 1.93 bits per heavy atom. The Kier molecular flexibility index (Phi) is 9.43. The number of morpholine rings is 1. The monoisotopic (exact) mass is 630 g/mol. The van der Waals surface area contributed by atoms with Crippen LogP contribution in [0.1, 0.15) is 41.9 Å². The Labute approximate surface area is 266 Å². The number of methoxy groups -OCH3 is 1.